The molecule has 0 unspecified atom stereocenters. The highest BCUT2D eigenvalue weighted by Crippen LogP contribution is 2.32. The smallest absolute Gasteiger partial charge is 0.225 e. The van der Waals surface area contributed by atoms with Crippen LogP contribution in [-0.4, -0.2) is 31.7 Å². The van der Waals surface area contributed by atoms with Gasteiger partial charge in [-0.1, -0.05) is 6.07 Å². The molecule has 2 N–H and O–H groups in total. The first kappa shape index (κ1) is 18.9. The number of nitrogens with one attached hydrogen (secondary N) is 2. The van der Waals surface area contributed by atoms with E-state index < -0.39 is 9.84 Å². The van der Waals surface area contributed by atoms with Crippen LogP contribution in [0.25, 0.3) is 0 Å². The molecule has 0 saturated heterocycles. The Kier molecular flexibility index (Phi) is 6.00. The normalized spacial score (nSPS) is 14.2. The number of hydrogen-bond acceptors (Lipinski definition) is 6. The van der Waals surface area contributed by atoms with Gasteiger partial charge in [-0.2, -0.15) is 0 Å². The molecule has 1 aliphatic rings. The van der Waals surface area contributed by atoms with Crippen LogP contribution in [0.4, 0.5) is 5.69 Å². The summed E-state index contributed by atoms with van der Waals surface area (Å²) in [4.78, 5) is 25.6. The molecule has 3 rings (SSSR count). The van der Waals surface area contributed by atoms with Crippen LogP contribution in [-0.2, 0) is 26.0 Å². The first-order valence-corrected chi connectivity index (χ1v) is 11.5. The van der Waals surface area contributed by atoms with Gasteiger partial charge in [0.05, 0.1) is 22.9 Å². The zero-order valence-electron chi connectivity index (χ0n) is 13.9. The highest BCUT2D eigenvalue weighted by molar-refractivity contribution is 7.99. The van der Waals surface area contributed by atoms with Gasteiger partial charge in [-0.05, 0) is 29.6 Å². The number of rotatable bonds is 6. The summed E-state index contributed by atoms with van der Waals surface area (Å²) >= 11 is 3.05. The number of fused-ring (bicyclic) bond motifs is 1. The van der Waals surface area contributed by atoms with Crippen molar-refractivity contribution < 1.29 is 18.0 Å². The Hall–Kier alpha value is -1.84. The lowest BCUT2D eigenvalue weighted by Gasteiger charge is -2.10. The number of thiophene rings is 1. The van der Waals surface area contributed by atoms with Gasteiger partial charge in [-0.3, -0.25) is 9.59 Å². The van der Waals surface area contributed by atoms with Crippen LogP contribution in [0.1, 0.15) is 17.7 Å². The number of thioether (sulfide) groups is 1. The molecular formula is C17H18N2O4S3. The molecule has 0 aliphatic carbocycles. The maximum absolute atomic E-state index is 12.5. The van der Waals surface area contributed by atoms with E-state index in [0.717, 1.165) is 9.77 Å². The molecule has 138 valence electrons. The summed E-state index contributed by atoms with van der Waals surface area (Å²) in [6.45, 7) is 0.401. The predicted octanol–water partition coefficient (Wildman–Crippen LogP) is 2.66. The standard InChI is InChI=1S/C17H18N2O4S3/c20-16(18-11-12-2-1-7-24-12)6-9-26(22,23)13-3-4-15-14(10-13)19-17(21)5-8-25-15/h1-4,7,10H,5-6,8-9,11H2,(H,18,20)(H,19,21). The van der Waals surface area contributed by atoms with E-state index >= 15 is 0 Å². The highest BCUT2D eigenvalue weighted by Gasteiger charge is 2.20. The lowest BCUT2D eigenvalue weighted by atomic mass is 10.3. The maximum Gasteiger partial charge on any atom is 0.225 e. The lowest BCUT2D eigenvalue weighted by Crippen LogP contribution is -2.24. The molecule has 0 radical (unpaired) electrons. The van der Waals surface area contributed by atoms with E-state index in [1.165, 1.54) is 35.2 Å². The molecule has 26 heavy (non-hydrogen) atoms. The molecule has 2 heterocycles. The summed E-state index contributed by atoms with van der Waals surface area (Å²) in [6.07, 6.45) is 0.289. The minimum atomic E-state index is -3.61. The Labute approximate surface area is 160 Å². The molecule has 1 aliphatic heterocycles. The lowest BCUT2D eigenvalue weighted by molar-refractivity contribution is -0.120. The number of carbonyl (C=O) groups excluding carboxylic acids is 2. The molecule has 1 aromatic carbocycles. The molecule has 6 nitrogen and oxygen atoms in total. The van der Waals surface area contributed by atoms with Crippen molar-refractivity contribution in [2.45, 2.75) is 29.2 Å². The van der Waals surface area contributed by atoms with E-state index in [1.54, 1.807) is 6.07 Å². The first-order valence-electron chi connectivity index (χ1n) is 8.02. The largest absolute Gasteiger partial charge is 0.351 e. The quantitative estimate of drug-likeness (QED) is 0.764. The zero-order valence-corrected chi connectivity index (χ0v) is 16.3. The molecular weight excluding hydrogens is 392 g/mol. The SMILES string of the molecule is O=C(CCS(=O)(=O)c1ccc2c(c1)NC(=O)CCS2)NCc1cccs1. The molecule has 0 fully saturated rings. The summed E-state index contributed by atoms with van der Waals surface area (Å²) in [6, 6.07) is 8.51. The van der Waals surface area contributed by atoms with Crippen LogP contribution < -0.4 is 10.6 Å². The van der Waals surface area contributed by atoms with Crippen molar-refractivity contribution in [3.63, 3.8) is 0 Å². The number of sulfone groups is 1. The summed E-state index contributed by atoms with van der Waals surface area (Å²) in [5, 5.41) is 7.37. The fourth-order valence-corrected chi connectivity index (χ4v) is 5.27. The van der Waals surface area contributed by atoms with Gasteiger partial charge in [0.15, 0.2) is 9.84 Å². The number of carbonyl (C=O) groups is 2. The third-order valence-electron chi connectivity index (χ3n) is 3.81. The average molecular weight is 411 g/mol. The molecule has 9 heteroatoms. The fraction of sp³-hybridized carbons (Fsp3) is 0.294. The first-order chi connectivity index (χ1) is 12.4. The van der Waals surface area contributed by atoms with Crippen LogP contribution in [0.2, 0.25) is 0 Å². The van der Waals surface area contributed by atoms with Crippen molar-refractivity contribution in [2.24, 2.45) is 0 Å². The van der Waals surface area contributed by atoms with Gasteiger partial charge < -0.3 is 10.6 Å². The number of amides is 2. The van der Waals surface area contributed by atoms with Crippen molar-refractivity contribution in [2.75, 3.05) is 16.8 Å². The highest BCUT2D eigenvalue weighted by atomic mass is 32.2. The maximum atomic E-state index is 12.5. The molecule has 0 spiro atoms. The van der Waals surface area contributed by atoms with Crippen LogP contribution in [0.5, 0.6) is 0 Å². The molecule has 2 amide bonds. The van der Waals surface area contributed by atoms with E-state index in [2.05, 4.69) is 10.6 Å². The fourth-order valence-electron chi connectivity index (χ4n) is 2.42. The third kappa shape index (κ3) is 4.87. The van der Waals surface area contributed by atoms with E-state index in [1.807, 2.05) is 17.5 Å². The molecule has 0 saturated carbocycles. The second-order valence-electron chi connectivity index (χ2n) is 5.73. The average Bonchev–Trinajstić information content (AvgIpc) is 3.05. The van der Waals surface area contributed by atoms with E-state index in [-0.39, 0.29) is 28.9 Å². The Balaban J connectivity index is 1.62. The Morgan fingerprint density at radius 1 is 1.27 bits per heavy atom. The van der Waals surface area contributed by atoms with Gasteiger partial charge in [0.25, 0.3) is 0 Å². The van der Waals surface area contributed by atoms with Gasteiger partial charge >= 0.3 is 0 Å². The van der Waals surface area contributed by atoms with E-state index in [9.17, 15) is 18.0 Å². The summed E-state index contributed by atoms with van der Waals surface area (Å²) in [5.41, 5.74) is 0.515. The van der Waals surface area contributed by atoms with Crippen LogP contribution in [0, 0.1) is 0 Å². The van der Waals surface area contributed by atoms with Crippen molar-refractivity contribution in [1.82, 2.24) is 5.32 Å². The second kappa shape index (κ2) is 8.24. The van der Waals surface area contributed by atoms with E-state index in [0.29, 0.717) is 24.4 Å². The van der Waals surface area contributed by atoms with Crippen LogP contribution in [0.3, 0.4) is 0 Å². The van der Waals surface area contributed by atoms with Crippen molar-refractivity contribution in [3.8, 4) is 0 Å². The van der Waals surface area contributed by atoms with E-state index in [4.69, 9.17) is 0 Å². The monoisotopic (exact) mass is 410 g/mol. The Morgan fingerprint density at radius 2 is 2.12 bits per heavy atom. The van der Waals surface area contributed by atoms with Gasteiger partial charge in [0.1, 0.15) is 0 Å². The molecule has 2 aromatic rings. The van der Waals surface area contributed by atoms with Crippen molar-refractivity contribution >= 4 is 50.4 Å². The molecule has 0 bridgehead atoms. The number of hydrogen-bond donors (Lipinski definition) is 2. The second-order valence-corrected chi connectivity index (χ2v) is 10.0. The zero-order chi connectivity index (χ0) is 18.6. The minimum Gasteiger partial charge on any atom is -0.351 e. The third-order valence-corrected chi connectivity index (χ3v) is 7.47. The number of benzene rings is 1. The van der Waals surface area contributed by atoms with Crippen LogP contribution in [0.15, 0.2) is 45.5 Å². The van der Waals surface area contributed by atoms with Gasteiger partial charge in [-0.25, -0.2) is 8.42 Å². The Morgan fingerprint density at radius 3 is 2.88 bits per heavy atom. The predicted molar refractivity (Wildman–Crippen MR) is 103 cm³/mol. The summed E-state index contributed by atoms with van der Waals surface area (Å²) in [5.74, 6) is -0.0438. The molecule has 1 aromatic heterocycles. The topological polar surface area (TPSA) is 92.3 Å². The molecule has 0 atom stereocenters. The minimum absolute atomic E-state index is 0.105. The Bertz CT molecular complexity index is 908. The van der Waals surface area contributed by atoms with Crippen molar-refractivity contribution in [1.29, 1.82) is 0 Å². The summed E-state index contributed by atoms with van der Waals surface area (Å²) < 4.78 is 25.1. The van der Waals surface area contributed by atoms with Gasteiger partial charge in [0, 0.05) is 28.4 Å². The van der Waals surface area contributed by atoms with Crippen LogP contribution >= 0.6 is 23.1 Å². The summed E-state index contributed by atoms with van der Waals surface area (Å²) in [7, 11) is -3.61. The van der Waals surface area contributed by atoms with Gasteiger partial charge in [0.2, 0.25) is 11.8 Å². The van der Waals surface area contributed by atoms with Gasteiger partial charge in [-0.15, -0.1) is 23.1 Å². The van der Waals surface area contributed by atoms with Crippen molar-refractivity contribution in [3.05, 3.63) is 40.6 Å². The number of anilines is 1.